The van der Waals surface area contributed by atoms with Crippen molar-refractivity contribution in [3.8, 4) is 0 Å². The van der Waals surface area contributed by atoms with Crippen molar-refractivity contribution in [3.63, 3.8) is 0 Å². The molecule has 1 saturated carbocycles. The third kappa shape index (κ3) is 3.30. The highest BCUT2D eigenvalue weighted by Crippen LogP contribution is 2.42. The van der Waals surface area contributed by atoms with Gasteiger partial charge in [-0.3, -0.25) is 9.69 Å². The number of likely N-dealkylation sites (N-methyl/N-ethyl adjacent to an activating group) is 1. The van der Waals surface area contributed by atoms with Gasteiger partial charge in [0.05, 0.1) is 11.6 Å². The van der Waals surface area contributed by atoms with Crippen molar-refractivity contribution in [2.45, 2.75) is 37.8 Å². The van der Waals surface area contributed by atoms with Gasteiger partial charge in [0.2, 0.25) is 5.91 Å². The minimum absolute atomic E-state index is 0.0806. The van der Waals surface area contributed by atoms with Gasteiger partial charge in [-0.15, -0.1) is 0 Å². The van der Waals surface area contributed by atoms with Gasteiger partial charge < -0.3 is 10.2 Å². The molecule has 6 heteroatoms. The molecule has 24 heavy (non-hydrogen) atoms. The van der Waals surface area contributed by atoms with Crippen molar-refractivity contribution in [1.82, 2.24) is 15.1 Å². The zero-order chi connectivity index (χ0) is 17.3. The fraction of sp³-hybridized carbons (Fsp3) is 0.611. The Morgan fingerprint density at radius 1 is 1.21 bits per heavy atom. The molecule has 0 radical (unpaired) electrons. The summed E-state index contributed by atoms with van der Waals surface area (Å²) in [5, 5.41) is 3.06. The van der Waals surface area contributed by atoms with Crippen LogP contribution in [0.5, 0.6) is 0 Å². The Balaban J connectivity index is 1.71. The minimum Gasteiger partial charge on any atom is -0.345 e. The normalized spacial score (nSPS) is 22.7. The van der Waals surface area contributed by atoms with E-state index in [1.165, 1.54) is 12.1 Å². The van der Waals surface area contributed by atoms with Crippen LogP contribution in [0.15, 0.2) is 18.2 Å². The van der Waals surface area contributed by atoms with Crippen molar-refractivity contribution >= 4 is 5.91 Å². The highest BCUT2D eigenvalue weighted by molar-refractivity contribution is 5.82. The average molecular weight is 337 g/mol. The van der Waals surface area contributed by atoms with E-state index in [-0.39, 0.29) is 11.9 Å². The lowest BCUT2D eigenvalue weighted by Crippen LogP contribution is -2.58. The molecule has 0 bridgehead atoms. The molecule has 132 valence electrons. The summed E-state index contributed by atoms with van der Waals surface area (Å²) < 4.78 is 27.4. The zero-order valence-corrected chi connectivity index (χ0v) is 14.3. The summed E-state index contributed by atoms with van der Waals surface area (Å²) in [5.41, 5.74) is -0.288. The Morgan fingerprint density at radius 3 is 2.42 bits per heavy atom. The van der Waals surface area contributed by atoms with E-state index in [1.807, 2.05) is 6.92 Å². The molecule has 4 nitrogen and oxygen atoms in total. The molecule has 1 aromatic rings. The van der Waals surface area contributed by atoms with Crippen LogP contribution in [0.25, 0.3) is 0 Å². The first kappa shape index (κ1) is 17.3. The SMILES string of the molecule is CC(C(=O)NC1(c2ccc(F)cc2F)CCC1)N1CCN(C)CC1. The molecule has 1 unspecified atom stereocenters. The third-order valence-electron chi connectivity index (χ3n) is 5.48. The standard InChI is InChI=1S/C18H25F2N3O/c1-13(23-10-8-22(2)9-11-23)17(24)21-18(6-3-7-18)15-5-4-14(19)12-16(15)20/h4-5,12-13H,3,6-11H2,1-2H3,(H,21,24). The van der Waals surface area contributed by atoms with Gasteiger partial charge in [0, 0.05) is 37.8 Å². The van der Waals surface area contributed by atoms with E-state index in [1.54, 1.807) is 0 Å². The maximum absolute atomic E-state index is 14.2. The second-order valence-corrected chi connectivity index (χ2v) is 7.06. The number of rotatable bonds is 4. The topological polar surface area (TPSA) is 35.6 Å². The minimum atomic E-state index is -0.685. The van der Waals surface area contributed by atoms with E-state index in [0.29, 0.717) is 18.4 Å². The van der Waals surface area contributed by atoms with Gasteiger partial charge >= 0.3 is 0 Å². The van der Waals surface area contributed by atoms with Crippen molar-refractivity contribution < 1.29 is 13.6 Å². The average Bonchev–Trinajstić information content (AvgIpc) is 2.51. The maximum atomic E-state index is 14.2. The summed E-state index contributed by atoms with van der Waals surface area (Å²) in [7, 11) is 2.07. The number of nitrogens with zero attached hydrogens (tertiary/aromatic N) is 2. The first-order valence-electron chi connectivity index (χ1n) is 8.61. The van der Waals surface area contributed by atoms with Crippen LogP contribution >= 0.6 is 0 Å². The van der Waals surface area contributed by atoms with Crippen LogP contribution in [-0.2, 0) is 10.3 Å². The first-order chi connectivity index (χ1) is 11.4. The summed E-state index contributed by atoms with van der Waals surface area (Å²) in [4.78, 5) is 17.1. The van der Waals surface area contributed by atoms with Crippen molar-refractivity contribution in [2.75, 3.05) is 33.2 Å². The van der Waals surface area contributed by atoms with Gasteiger partial charge in [-0.25, -0.2) is 8.78 Å². The quantitative estimate of drug-likeness (QED) is 0.914. The number of halogens is 2. The van der Waals surface area contributed by atoms with E-state index < -0.39 is 17.2 Å². The Labute approximate surface area is 141 Å². The predicted molar refractivity (Wildman–Crippen MR) is 88.6 cm³/mol. The highest BCUT2D eigenvalue weighted by Gasteiger charge is 2.43. The van der Waals surface area contributed by atoms with Crippen molar-refractivity contribution in [2.24, 2.45) is 0 Å². The number of hydrogen-bond acceptors (Lipinski definition) is 3. The number of piperazine rings is 1. The second kappa shape index (κ2) is 6.76. The summed E-state index contributed by atoms with van der Waals surface area (Å²) in [6.07, 6.45) is 2.31. The summed E-state index contributed by atoms with van der Waals surface area (Å²) in [6, 6.07) is 3.37. The Kier molecular flexibility index (Phi) is 4.88. The van der Waals surface area contributed by atoms with E-state index in [4.69, 9.17) is 0 Å². The van der Waals surface area contributed by atoms with Gasteiger partial charge in [0.1, 0.15) is 11.6 Å². The lowest BCUT2D eigenvalue weighted by Gasteiger charge is -2.45. The maximum Gasteiger partial charge on any atom is 0.237 e. The number of carbonyl (C=O) groups excluding carboxylic acids is 1. The molecular formula is C18H25F2N3O. The molecular weight excluding hydrogens is 312 g/mol. The van der Waals surface area contributed by atoms with Gasteiger partial charge in [-0.2, -0.15) is 0 Å². The zero-order valence-electron chi connectivity index (χ0n) is 14.3. The van der Waals surface area contributed by atoms with Crippen LogP contribution in [0.4, 0.5) is 8.78 Å². The number of hydrogen-bond donors (Lipinski definition) is 1. The molecule has 3 rings (SSSR count). The molecule has 0 aromatic heterocycles. The predicted octanol–water partition coefficient (Wildman–Crippen LogP) is 2.10. The summed E-state index contributed by atoms with van der Waals surface area (Å²) >= 11 is 0. The smallest absolute Gasteiger partial charge is 0.237 e. The lowest BCUT2D eigenvalue weighted by molar-refractivity contribution is -0.130. The largest absolute Gasteiger partial charge is 0.345 e. The van der Waals surface area contributed by atoms with Crippen LogP contribution in [0.1, 0.15) is 31.7 Å². The number of carbonyl (C=O) groups is 1. The van der Waals surface area contributed by atoms with E-state index in [0.717, 1.165) is 38.7 Å². The fourth-order valence-corrected chi connectivity index (χ4v) is 3.58. The molecule has 1 aliphatic heterocycles. The summed E-state index contributed by atoms with van der Waals surface area (Å²) in [6.45, 7) is 5.48. The van der Waals surface area contributed by atoms with Crippen LogP contribution in [0.2, 0.25) is 0 Å². The van der Waals surface area contributed by atoms with Crippen LogP contribution in [0.3, 0.4) is 0 Å². The molecule has 1 heterocycles. The molecule has 2 fully saturated rings. The molecule has 1 N–H and O–H groups in total. The lowest BCUT2D eigenvalue weighted by atomic mass is 9.71. The summed E-state index contributed by atoms with van der Waals surface area (Å²) in [5.74, 6) is -1.26. The Morgan fingerprint density at radius 2 is 1.88 bits per heavy atom. The van der Waals surface area contributed by atoms with E-state index in [2.05, 4.69) is 22.2 Å². The van der Waals surface area contributed by atoms with Crippen molar-refractivity contribution in [3.05, 3.63) is 35.4 Å². The number of benzene rings is 1. The monoisotopic (exact) mass is 337 g/mol. The van der Waals surface area contributed by atoms with Gasteiger partial charge in [-0.05, 0) is 39.3 Å². The highest BCUT2D eigenvalue weighted by atomic mass is 19.1. The van der Waals surface area contributed by atoms with E-state index >= 15 is 0 Å². The number of nitrogens with one attached hydrogen (secondary N) is 1. The van der Waals surface area contributed by atoms with Crippen LogP contribution < -0.4 is 5.32 Å². The Hall–Kier alpha value is -1.53. The van der Waals surface area contributed by atoms with E-state index in [9.17, 15) is 13.6 Å². The van der Waals surface area contributed by atoms with Crippen LogP contribution in [0, 0.1) is 11.6 Å². The molecule has 1 aliphatic carbocycles. The second-order valence-electron chi connectivity index (χ2n) is 7.06. The third-order valence-corrected chi connectivity index (χ3v) is 5.48. The molecule has 1 saturated heterocycles. The molecule has 1 atom stereocenters. The van der Waals surface area contributed by atoms with Crippen molar-refractivity contribution in [1.29, 1.82) is 0 Å². The fourth-order valence-electron chi connectivity index (χ4n) is 3.58. The van der Waals surface area contributed by atoms with Gasteiger partial charge in [-0.1, -0.05) is 6.07 Å². The van der Waals surface area contributed by atoms with Crippen LogP contribution in [-0.4, -0.2) is 55.0 Å². The first-order valence-corrected chi connectivity index (χ1v) is 8.61. The number of amides is 1. The molecule has 0 spiro atoms. The Bertz CT molecular complexity index is 610. The molecule has 1 amide bonds. The molecule has 1 aromatic carbocycles. The van der Waals surface area contributed by atoms with Gasteiger partial charge in [0.25, 0.3) is 0 Å². The van der Waals surface area contributed by atoms with Gasteiger partial charge in [0.15, 0.2) is 0 Å². The molecule has 2 aliphatic rings.